The zero-order valence-electron chi connectivity index (χ0n) is 9.98. The van der Waals surface area contributed by atoms with Crippen molar-refractivity contribution in [1.82, 2.24) is 0 Å². The second kappa shape index (κ2) is 5.29. The first-order valence-electron chi connectivity index (χ1n) is 5.94. The van der Waals surface area contributed by atoms with Gasteiger partial charge in [0.1, 0.15) is 0 Å². The van der Waals surface area contributed by atoms with Gasteiger partial charge in [0.15, 0.2) is 0 Å². The van der Waals surface area contributed by atoms with Crippen molar-refractivity contribution < 1.29 is 9.53 Å². The Morgan fingerprint density at radius 2 is 2.35 bits per heavy atom. The lowest BCUT2D eigenvalue weighted by Crippen LogP contribution is -2.37. The molecule has 1 fully saturated rings. The van der Waals surface area contributed by atoms with E-state index < -0.39 is 0 Å². The quantitative estimate of drug-likeness (QED) is 0.825. The second-order valence-corrected chi connectivity index (χ2v) is 4.35. The van der Waals surface area contributed by atoms with E-state index in [1.54, 1.807) is 0 Å². The minimum atomic E-state index is -0.236. The van der Waals surface area contributed by atoms with Crippen LogP contribution < -0.4 is 11.1 Å². The summed E-state index contributed by atoms with van der Waals surface area (Å²) in [5.74, 6) is -0.288. The topological polar surface area (TPSA) is 64.3 Å². The van der Waals surface area contributed by atoms with Crippen LogP contribution in [0.3, 0.4) is 0 Å². The molecule has 4 heteroatoms. The molecule has 3 N–H and O–H groups in total. The van der Waals surface area contributed by atoms with E-state index in [0.717, 1.165) is 12.1 Å². The van der Waals surface area contributed by atoms with E-state index in [1.807, 2.05) is 24.3 Å². The largest absolute Gasteiger partial charge is 0.379 e. The molecule has 1 amide bonds. The number of ether oxygens (including phenoxy) is 1. The molecular weight excluding hydrogens is 216 g/mol. The van der Waals surface area contributed by atoms with E-state index in [0.29, 0.717) is 13.2 Å². The monoisotopic (exact) mass is 234 g/mol. The van der Waals surface area contributed by atoms with Gasteiger partial charge in [-0.3, -0.25) is 4.79 Å². The Bertz CT molecular complexity index is 406. The smallest absolute Gasteiger partial charge is 0.231 e. The molecule has 1 heterocycles. The van der Waals surface area contributed by atoms with Crippen molar-refractivity contribution >= 4 is 11.6 Å². The normalized spacial score (nSPS) is 23.6. The highest BCUT2D eigenvalue weighted by atomic mass is 16.5. The fourth-order valence-electron chi connectivity index (χ4n) is 1.94. The van der Waals surface area contributed by atoms with Crippen molar-refractivity contribution in [2.75, 3.05) is 18.5 Å². The Labute approximate surface area is 101 Å². The summed E-state index contributed by atoms with van der Waals surface area (Å²) in [6, 6.07) is 7.67. The summed E-state index contributed by atoms with van der Waals surface area (Å²) in [5.41, 5.74) is 7.83. The predicted octanol–water partition coefficient (Wildman–Crippen LogP) is 1.16. The van der Waals surface area contributed by atoms with Crippen molar-refractivity contribution in [2.45, 2.75) is 19.4 Å². The Hall–Kier alpha value is -1.39. The van der Waals surface area contributed by atoms with Crippen molar-refractivity contribution in [3.05, 3.63) is 29.8 Å². The lowest BCUT2D eigenvalue weighted by atomic mass is 10.0. The minimum Gasteiger partial charge on any atom is -0.379 e. The first-order chi connectivity index (χ1) is 8.20. The number of carbonyl (C=O) groups excluding carboxylic acids is 1. The Kier molecular flexibility index (Phi) is 3.76. The number of amides is 1. The van der Waals surface area contributed by atoms with E-state index in [2.05, 4.69) is 12.2 Å². The van der Waals surface area contributed by atoms with Gasteiger partial charge < -0.3 is 15.8 Å². The highest BCUT2D eigenvalue weighted by Gasteiger charge is 2.31. The molecule has 0 saturated carbocycles. The number of hydrogen-bond acceptors (Lipinski definition) is 3. The van der Waals surface area contributed by atoms with Gasteiger partial charge in [-0.15, -0.1) is 0 Å². The Balaban J connectivity index is 2.02. The van der Waals surface area contributed by atoms with Gasteiger partial charge in [0.05, 0.1) is 19.1 Å². The molecule has 1 saturated heterocycles. The summed E-state index contributed by atoms with van der Waals surface area (Å²) in [5, 5.41) is 2.89. The predicted molar refractivity (Wildman–Crippen MR) is 66.7 cm³/mol. The van der Waals surface area contributed by atoms with Crippen LogP contribution in [0.15, 0.2) is 24.3 Å². The highest BCUT2D eigenvalue weighted by Crippen LogP contribution is 2.16. The molecule has 0 aliphatic carbocycles. The maximum absolute atomic E-state index is 12.0. The van der Waals surface area contributed by atoms with E-state index >= 15 is 0 Å². The number of anilines is 1. The summed E-state index contributed by atoms with van der Waals surface area (Å²) in [6.07, 6.45) is 0.954. The average molecular weight is 234 g/mol. The standard InChI is InChI=1S/C13H18N2O2/c1-2-9-4-3-5-10(6-9)15-13(16)11-7-17-8-12(11)14/h3-6,11-12H,2,7-8,14H2,1H3,(H,15,16). The molecule has 0 bridgehead atoms. The summed E-state index contributed by atoms with van der Waals surface area (Å²) in [6.45, 7) is 2.97. The molecule has 1 aromatic rings. The number of rotatable bonds is 3. The van der Waals surface area contributed by atoms with E-state index in [4.69, 9.17) is 10.5 Å². The minimum absolute atomic E-state index is 0.0525. The van der Waals surface area contributed by atoms with Gasteiger partial charge in [-0.25, -0.2) is 0 Å². The van der Waals surface area contributed by atoms with Crippen LogP contribution in [0.25, 0.3) is 0 Å². The molecule has 1 aliphatic rings. The zero-order valence-corrected chi connectivity index (χ0v) is 9.98. The maximum Gasteiger partial charge on any atom is 0.231 e. The van der Waals surface area contributed by atoms with Crippen molar-refractivity contribution in [1.29, 1.82) is 0 Å². The Morgan fingerprint density at radius 3 is 3.00 bits per heavy atom. The second-order valence-electron chi connectivity index (χ2n) is 4.35. The van der Waals surface area contributed by atoms with Crippen LogP contribution in [0, 0.1) is 5.92 Å². The zero-order chi connectivity index (χ0) is 12.3. The summed E-state index contributed by atoms with van der Waals surface area (Å²) < 4.78 is 5.19. The van der Waals surface area contributed by atoms with Crippen molar-refractivity contribution in [2.24, 2.45) is 11.7 Å². The van der Waals surface area contributed by atoms with Crippen LogP contribution in [0.5, 0.6) is 0 Å². The molecule has 0 aromatic heterocycles. The average Bonchev–Trinajstić information content (AvgIpc) is 2.76. The summed E-state index contributed by atoms with van der Waals surface area (Å²) in [4.78, 5) is 12.0. The van der Waals surface area contributed by atoms with Crippen molar-refractivity contribution in [3.63, 3.8) is 0 Å². The lowest BCUT2D eigenvalue weighted by Gasteiger charge is -2.13. The number of nitrogens with one attached hydrogen (secondary N) is 1. The van der Waals surface area contributed by atoms with E-state index in [9.17, 15) is 4.79 Å². The summed E-state index contributed by atoms with van der Waals surface area (Å²) in [7, 11) is 0. The summed E-state index contributed by atoms with van der Waals surface area (Å²) >= 11 is 0. The molecule has 17 heavy (non-hydrogen) atoms. The van der Waals surface area contributed by atoms with Crippen LogP contribution in [-0.2, 0) is 16.0 Å². The molecule has 2 unspecified atom stereocenters. The number of benzene rings is 1. The fourth-order valence-corrected chi connectivity index (χ4v) is 1.94. The third kappa shape index (κ3) is 2.84. The molecule has 4 nitrogen and oxygen atoms in total. The highest BCUT2D eigenvalue weighted by molar-refractivity contribution is 5.93. The third-order valence-corrected chi connectivity index (χ3v) is 3.06. The van der Waals surface area contributed by atoms with Crippen LogP contribution >= 0.6 is 0 Å². The van der Waals surface area contributed by atoms with E-state index in [-0.39, 0.29) is 17.9 Å². The number of nitrogens with two attached hydrogens (primary N) is 1. The van der Waals surface area contributed by atoms with Gasteiger partial charge in [0, 0.05) is 11.7 Å². The number of aryl methyl sites for hydroxylation is 1. The van der Waals surface area contributed by atoms with Gasteiger partial charge in [0.25, 0.3) is 0 Å². The first kappa shape index (κ1) is 12.1. The maximum atomic E-state index is 12.0. The Morgan fingerprint density at radius 1 is 1.53 bits per heavy atom. The molecule has 2 atom stereocenters. The van der Waals surface area contributed by atoms with Gasteiger partial charge >= 0.3 is 0 Å². The molecule has 0 radical (unpaired) electrons. The van der Waals surface area contributed by atoms with Crippen LogP contribution in [0.1, 0.15) is 12.5 Å². The van der Waals surface area contributed by atoms with Crippen LogP contribution in [0.2, 0.25) is 0 Å². The van der Waals surface area contributed by atoms with Gasteiger partial charge in [-0.05, 0) is 24.1 Å². The van der Waals surface area contributed by atoms with Crippen molar-refractivity contribution in [3.8, 4) is 0 Å². The number of hydrogen-bond donors (Lipinski definition) is 2. The first-order valence-corrected chi connectivity index (χ1v) is 5.94. The van der Waals surface area contributed by atoms with Gasteiger partial charge in [0.2, 0.25) is 5.91 Å². The third-order valence-electron chi connectivity index (χ3n) is 3.06. The van der Waals surface area contributed by atoms with Gasteiger partial charge in [-0.2, -0.15) is 0 Å². The SMILES string of the molecule is CCc1cccc(NC(=O)C2COCC2N)c1. The molecular formula is C13H18N2O2. The lowest BCUT2D eigenvalue weighted by molar-refractivity contribution is -0.120. The van der Waals surface area contributed by atoms with Crippen LogP contribution in [0.4, 0.5) is 5.69 Å². The molecule has 0 spiro atoms. The fraction of sp³-hybridized carbons (Fsp3) is 0.462. The molecule has 1 aromatic carbocycles. The van der Waals surface area contributed by atoms with Crippen LogP contribution in [-0.4, -0.2) is 25.2 Å². The van der Waals surface area contributed by atoms with Gasteiger partial charge in [-0.1, -0.05) is 19.1 Å². The molecule has 2 rings (SSSR count). The van der Waals surface area contributed by atoms with E-state index in [1.165, 1.54) is 5.56 Å². The number of carbonyl (C=O) groups is 1. The molecule has 1 aliphatic heterocycles. The molecule has 92 valence electrons.